The van der Waals surface area contributed by atoms with Gasteiger partial charge in [-0.05, 0) is 11.4 Å². The SMILES string of the molecule is [N-]=[N+]=NCC1CC(=O)N(CCc2cnco2)C1. The van der Waals surface area contributed by atoms with E-state index in [1.54, 1.807) is 11.1 Å². The van der Waals surface area contributed by atoms with Gasteiger partial charge in [0, 0.05) is 37.4 Å². The largest absolute Gasteiger partial charge is 0.448 e. The summed E-state index contributed by atoms with van der Waals surface area (Å²) < 4.78 is 5.10. The van der Waals surface area contributed by atoms with Gasteiger partial charge in [0.25, 0.3) is 0 Å². The van der Waals surface area contributed by atoms with Crippen LogP contribution >= 0.6 is 0 Å². The minimum absolute atomic E-state index is 0.114. The highest BCUT2D eigenvalue weighted by Crippen LogP contribution is 2.18. The maximum Gasteiger partial charge on any atom is 0.222 e. The fourth-order valence-corrected chi connectivity index (χ4v) is 1.96. The number of nitrogens with zero attached hydrogens (tertiary/aromatic N) is 5. The number of likely N-dealkylation sites (tertiary alicyclic amines) is 1. The predicted molar refractivity (Wildman–Crippen MR) is 58.9 cm³/mol. The molecule has 0 saturated carbocycles. The summed E-state index contributed by atoms with van der Waals surface area (Å²) in [6.07, 6.45) is 4.17. The third kappa shape index (κ3) is 2.98. The number of azide groups is 1. The van der Waals surface area contributed by atoms with Crippen LogP contribution < -0.4 is 0 Å². The van der Waals surface area contributed by atoms with E-state index in [1.807, 2.05) is 0 Å². The van der Waals surface area contributed by atoms with Gasteiger partial charge in [0.05, 0.1) is 6.20 Å². The topological polar surface area (TPSA) is 95.1 Å². The van der Waals surface area contributed by atoms with E-state index in [9.17, 15) is 4.79 Å². The fourth-order valence-electron chi connectivity index (χ4n) is 1.96. The Kier molecular flexibility index (Phi) is 3.62. The van der Waals surface area contributed by atoms with E-state index >= 15 is 0 Å². The summed E-state index contributed by atoms with van der Waals surface area (Å²) in [4.78, 5) is 20.0. The fraction of sp³-hybridized carbons (Fsp3) is 0.600. The van der Waals surface area contributed by atoms with E-state index < -0.39 is 0 Å². The molecule has 0 aromatic carbocycles. The molecule has 1 aromatic heterocycles. The lowest BCUT2D eigenvalue weighted by Crippen LogP contribution is -2.27. The molecule has 0 bridgehead atoms. The minimum Gasteiger partial charge on any atom is -0.448 e. The summed E-state index contributed by atoms with van der Waals surface area (Å²) >= 11 is 0. The smallest absolute Gasteiger partial charge is 0.222 e. The Morgan fingerprint density at radius 3 is 3.29 bits per heavy atom. The van der Waals surface area contributed by atoms with Gasteiger partial charge in [-0.3, -0.25) is 4.79 Å². The van der Waals surface area contributed by atoms with Crippen molar-refractivity contribution in [1.82, 2.24) is 9.88 Å². The van der Waals surface area contributed by atoms with Crippen LogP contribution in [0.5, 0.6) is 0 Å². The highest BCUT2D eigenvalue weighted by Gasteiger charge is 2.28. The molecule has 0 aliphatic carbocycles. The van der Waals surface area contributed by atoms with E-state index in [1.165, 1.54) is 6.39 Å². The second kappa shape index (κ2) is 5.36. The van der Waals surface area contributed by atoms with Gasteiger partial charge in [0.2, 0.25) is 5.91 Å². The zero-order valence-electron chi connectivity index (χ0n) is 9.32. The Morgan fingerprint density at radius 1 is 1.71 bits per heavy atom. The zero-order valence-corrected chi connectivity index (χ0v) is 9.32. The molecule has 1 aliphatic rings. The van der Waals surface area contributed by atoms with E-state index in [4.69, 9.17) is 9.95 Å². The number of rotatable bonds is 5. The van der Waals surface area contributed by atoms with Crippen LogP contribution in [0, 0.1) is 5.92 Å². The highest BCUT2D eigenvalue weighted by atomic mass is 16.3. The van der Waals surface area contributed by atoms with E-state index in [0.29, 0.717) is 32.5 Å². The Balaban J connectivity index is 1.81. The first-order valence-electron chi connectivity index (χ1n) is 5.45. The van der Waals surface area contributed by atoms with Gasteiger partial charge in [-0.15, -0.1) is 0 Å². The van der Waals surface area contributed by atoms with Crippen molar-refractivity contribution in [1.29, 1.82) is 0 Å². The van der Waals surface area contributed by atoms with Crippen LogP contribution in [0.1, 0.15) is 12.2 Å². The Bertz CT molecular complexity index is 424. The molecule has 17 heavy (non-hydrogen) atoms. The van der Waals surface area contributed by atoms with E-state index in [-0.39, 0.29) is 11.8 Å². The molecule has 2 rings (SSSR count). The lowest BCUT2D eigenvalue weighted by molar-refractivity contribution is -0.127. The van der Waals surface area contributed by atoms with Gasteiger partial charge in [0.1, 0.15) is 5.76 Å². The molecule has 1 aromatic rings. The summed E-state index contributed by atoms with van der Waals surface area (Å²) in [6, 6.07) is 0. The van der Waals surface area contributed by atoms with Crippen molar-refractivity contribution >= 4 is 5.91 Å². The molecule has 7 heteroatoms. The normalized spacial score (nSPS) is 19.4. The van der Waals surface area contributed by atoms with Crippen LogP contribution in [0.3, 0.4) is 0 Å². The Morgan fingerprint density at radius 2 is 2.59 bits per heavy atom. The van der Waals surface area contributed by atoms with Crippen molar-refractivity contribution < 1.29 is 9.21 Å². The average molecular weight is 235 g/mol. The number of carbonyl (C=O) groups excluding carboxylic acids is 1. The standard InChI is InChI=1S/C10H13N5O2/c11-14-13-4-8-3-10(16)15(6-8)2-1-9-5-12-7-17-9/h5,7-8H,1-4,6H2. The van der Waals surface area contributed by atoms with Crippen LogP contribution in [0.25, 0.3) is 10.4 Å². The number of carbonyl (C=O) groups is 1. The molecule has 2 heterocycles. The van der Waals surface area contributed by atoms with E-state index in [0.717, 1.165) is 5.76 Å². The molecule has 0 radical (unpaired) electrons. The number of aromatic nitrogens is 1. The molecule has 90 valence electrons. The number of oxazole rings is 1. The lowest BCUT2D eigenvalue weighted by Gasteiger charge is -2.14. The Hall–Kier alpha value is -2.01. The Labute approximate surface area is 98.0 Å². The summed E-state index contributed by atoms with van der Waals surface area (Å²) in [6.45, 7) is 1.67. The van der Waals surface area contributed by atoms with Gasteiger partial charge in [-0.25, -0.2) is 4.98 Å². The molecule has 0 spiro atoms. The molecular weight excluding hydrogens is 222 g/mol. The second-order valence-corrected chi connectivity index (χ2v) is 4.04. The van der Waals surface area contributed by atoms with Crippen LogP contribution in [0.4, 0.5) is 0 Å². The van der Waals surface area contributed by atoms with Crippen molar-refractivity contribution in [2.45, 2.75) is 12.8 Å². The average Bonchev–Trinajstić information content (AvgIpc) is 2.93. The third-order valence-electron chi connectivity index (χ3n) is 2.81. The van der Waals surface area contributed by atoms with Crippen LogP contribution in [-0.2, 0) is 11.2 Å². The van der Waals surface area contributed by atoms with Crippen molar-refractivity contribution in [3.05, 3.63) is 28.8 Å². The predicted octanol–water partition coefficient (Wildman–Crippen LogP) is 1.38. The van der Waals surface area contributed by atoms with Gasteiger partial charge < -0.3 is 9.32 Å². The molecular formula is C10H13N5O2. The van der Waals surface area contributed by atoms with Gasteiger partial charge in [-0.1, -0.05) is 5.11 Å². The first-order chi connectivity index (χ1) is 8.29. The second-order valence-electron chi connectivity index (χ2n) is 4.04. The van der Waals surface area contributed by atoms with Gasteiger partial charge in [-0.2, -0.15) is 0 Å². The van der Waals surface area contributed by atoms with Crippen molar-refractivity contribution in [3.8, 4) is 0 Å². The van der Waals surface area contributed by atoms with Crippen LogP contribution in [0.2, 0.25) is 0 Å². The molecule has 0 N–H and O–H groups in total. The molecule has 7 nitrogen and oxygen atoms in total. The summed E-state index contributed by atoms with van der Waals surface area (Å²) in [7, 11) is 0. The van der Waals surface area contributed by atoms with E-state index in [2.05, 4.69) is 15.0 Å². The number of hydrogen-bond acceptors (Lipinski definition) is 4. The maximum absolute atomic E-state index is 11.7. The maximum atomic E-state index is 11.7. The van der Waals surface area contributed by atoms with Gasteiger partial charge in [0.15, 0.2) is 6.39 Å². The highest BCUT2D eigenvalue weighted by molar-refractivity contribution is 5.78. The third-order valence-corrected chi connectivity index (χ3v) is 2.81. The quantitative estimate of drug-likeness (QED) is 0.438. The molecule has 1 saturated heterocycles. The van der Waals surface area contributed by atoms with Crippen LogP contribution in [0.15, 0.2) is 22.1 Å². The van der Waals surface area contributed by atoms with Crippen molar-refractivity contribution in [2.75, 3.05) is 19.6 Å². The molecule has 1 fully saturated rings. The van der Waals surface area contributed by atoms with Crippen molar-refractivity contribution in [3.63, 3.8) is 0 Å². The molecule has 1 aliphatic heterocycles. The summed E-state index contributed by atoms with van der Waals surface area (Å²) in [5.41, 5.74) is 8.23. The first-order valence-corrected chi connectivity index (χ1v) is 5.45. The van der Waals surface area contributed by atoms with Crippen molar-refractivity contribution in [2.24, 2.45) is 11.0 Å². The number of hydrogen-bond donors (Lipinski definition) is 0. The first kappa shape index (κ1) is 11.5. The minimum atomic E-state index is 0.114. The van der Waals surface area contributed by atoms with Gasteiger partial charge >= 0.3 is 0 Å². The summed E-state index contributed by atoms with van der Waals surface area (Å²) in [5.74, 6) is 1.03. The monoisotopic (exact) mass is 235 g/mol. The lowest BCUT2D eigenvalue weighted by atomic mass is 10.1. The number of amides is 1. The molecule has 1 amide bonds. The molecule has 1 unspecified atom stereocenters. The summed E-state index contributed by atoms with van der Waals surface area (Å²) in [5, 5.41) is 3.51. The molecule has 1 atom stereocenters. The van der Waals surface area contributed by atoms with Crippen LogP contribution in [-0.4, -0.2) is 35.4 Å². The zero-order chi connectivity index (χ0) is 12.1.